The lowest BCUT2D eigenvalue weighted by Crippen LogP contribution is -2.47. The number of rotatable bonds is 8. The molecule has 2 aliphatic rings. The van der Waals surface area contributed by atoms with E-state index < -0.39 is 57.9 Å². The highest BCUT2D eigenvalue weighted by atomic mass is 32.2. The third kappa shape index (κ3) is 5.76. The summed E-state index contributed by atoms with van der Waals surface area (Å²) in [5.41, 5.74) is -0.380. The number of carboxylic acid groups (broad SMARTS) is 1. The van der Waals surface area contributed by atoms with Crippen molar-refractivity contribution in [3.05, 3.63) is 72.0 Å². The van der Waals surface area contributed by atoms with E-state index in [1.54, 1.807) is 19.1 Å². The summed E-state index contributed by atoms with van der Waals surface area (Å²) in [4.78, 5) is 12.3. The quantitative estimate of drug-likeness (QED) is 0.345. The molecular weight excluding hydrogens is 579 g/mol. The number of carbonyl (C=O) groups is 1. The first-order valence-corrected chi connectivity index (χ1v) is 14.5. The molecule has 0 radical (unpaired) electrons. The fourth-order valence-electron chi connectivity index (χ4n) is 5.65. The third-order valence-electron chi connectivity index (χ3n) is 7.61. The minimum atomic E-state index is -4.25. The van der Waals surface area contributed by atoms with Gasteiger partial charge in [0.2, 0.25) is 0 Å². The number of fused-ring (bicyclic) bond motifs is 1. The number of aliphatic hydroxyl groups excluding tert-OH is 2. The van der Waals surface area contributed by atoms with Crippen molar-refractivity contribution >= 4 is 21.7 Å². The smallest absolute Gasteiger partial charge is 0.387 e. The molecule has 1 unspecified atom stereocenters. The molecule has 5 rings (SSSR count). The van der Waals surface area contributed by atoms with Gasteiger partial charge < -0.3 is 24.8 Å². The number of hydrogen-bond donors (Lipinski definition) is 3. The zero-order chi connectivity index (χ0) is 30.4. The van der Waals surface area contributed by atoms with E-state index in [-0.39, 0.29) is 53.3 Å². The van der Waals surface area contributed by atoms with E-state index in [9.17, 15) is 41.7 Å². The molecule has 3 N–H and O–H groups in total. The van der Waals surface area contributed by atoms with Crippen LogP contribution in [0.3, 0.4) is 0 Å². The lowest BCUT2D eigenvalue weighted by molar-refractivity contribution is -0.151. The Labute approximate surface area is 239 Å². The highest BCUT2D eigenvalue weighted by molar-refractivity contribution is 7.92. The normalized spacial score (nSPS) is 23.9. The first-order chi connectivity index (χ1) is 19.8. The number of halogens is 3. The molecular formula is C29H28F3NO8S. The maximum Gasteiger partial charge on any atom is 0.387 e. The van der Waals surface area contributed by atoms with Crippen molar-refractivity contribution in [1.29, 1.82) is 0 Å². The Morgan fingerprint density at radius 1 is 1.07 bits per heavy atom. The molecule has 1 fully saturated rings. The number of aryl methyl sites for hydroxylation is 1. The molecule has 0 saturated heterocycles. The molecule has 0 bridgehead atoms. The van der Waals surface area contributed by atoms with Crippen molar-refractivity contribution in [2.75, 3.05) is 10.8 Å². The van der Waals surface area contributed by atoms with Crippen LogP contribution in [0.4, 0.5) is 18.9 Å². The van der Waals surface area contributed by atoms with Gasteiger partial charge >= 0.3 is 12.6 Å². The summed E-state index contributed by atoms with van der Waals surface area (Å²) in [5.74, 6) is -2.42. The first kappa shape index (κ1) is 29.7. The van der Waals surface area contributed by atoms with E-state index in [2.05, 4.69) is 4.74 Å². The summed E-state index contributed by atoms with van der Waals surface area (Å²) in [7, 11) is -4.25. The van der Waals surface area contributed by atoms with Gasteiger partial charge in [0.1, 0.15) is 23.4 Å². The lowest BCUT2D eigenvalue weighted by atomic mass is 9.80. The third-order valence-corrected chi connectivity index (χ3v) is 9.39. The van der Waals surface area contributed by atoms with Gasteiger partial charge in [-0.1, -0.05) is 18.2 Å². The van der Waals surface area contributed by atoms with Crippen molar-refractivity contribution in [1.82, 2.24) is 0 Å². The second-order valence-corrected chi connectivity index (χ2v) is 12.5. The zero-order valence-electron chi connectivity index (χ0n) is 22.3. The van der Waals surface area contributed by atoms with Crippen molar-refractivity contribution < 1.29 is 51.2 Å². The molecule has 4 atom stereocenters. The van der Waals surface area contributed by atoms with Gasteiger partial charge in [-0.2, -0.15) is 8.78 Å². The Balaban J connectivity index is 1.58. The number of sulfonamides is 1. The Kier molecular flexibility index (Phi) is 7.86. The van der Waals surface area contributed by atoms with Crippen LogP contribution in [0.25, 0.3) is 11.1 Å². The Morgan fingerprint density at radius 2 is 1.79 bits per heavy atom. The number of ether oxygens (including phenoxy) is 2. The van der Waals surface area contributed by atoms with Crippen LogP contribution in [0.1, 0.15) is 24.8 Å². The highest BCUT2D eigenvalue weighted by Crippen LogP contribution is 2.47. The molecule has 9 nitrogen and oxygen atoms in total. The van der Waals surface area contributed by atoms with Gasteiger partial charge in [0.05, 0.1) is 34.8 Å². The zero-order valence-corrected chi connectivity index (χ0v) is 23.1. The molecule has 1 saturated carbocycles. The topological polar surface area (TPSA) is 134 Å². The first-order valence-electron chi connectivity index (χ1n) is 13.0. The van der Waals surface area contributed by atoms with E-state index in [4.69, 9.17) is 4.74 Å². The molecule has 13 heteroatoms. The molecule has 1 heterocycles. The van der Waals surface area contributed by atoms with E-state index in [0.717, 1.165) is 16.4 Å². The monoisotopic (exact) mass is 607 g/mol. The van der Waals surface area contributed by atoms with Gasteiger partial charge in [0.15, 0.2) is 0 Å². The summed E-state index contributed by atoms with van der Waals surface area (Å²) < 4.78 is 79.3. The van der Waals surface area contributed by atoms with Crippen LogP contribution in [-0.4, -0.2) is 61.2 Å². The Morgan fingerprint density at radius 3 is 2.43 bits per heavy atom. The molecule has 224 valence electrons. The van der Waals surface area contributed by atoms with Gasteiger partial charge in [-0.3, -0.25) is 9.10 Å². The fourth-order valence-corrected chi connectivity index (χ4v) is 7.25. The SMILES string of the molecule is Cc1cccc(S(=O)(=O)N2C[C@H](CC3(C(=O)O)C[C@@H](O)[C@@H](O)C3)Oc3ccc(-c4cc(F)cc(OC(F)F)c4)cc32)c1. The highest BCUT2D eigenvalue weighted by Gasteiger charge is 2.52. The van der Waals surface area contributed by atoms with Crippen LogP contribution in [0.2, 0.25) is 0 Å². The molecule has 3 aromatic carbocycles. The van der Waals surface area contributed by atoms with E-state index in [1.165, 1.54) is 36.4 Å². The van der Waals surface area contributed by atoms with Crippen molar-refractivity contribution in [2.24, 2.45) is 5.41 Å². The minimum absolute atomic E-state index is 0.0301. The molecule has 3 aromatic rings. The average Bonchev–Trinajstić information content (AvgIpc) is 3.20. The van der Waals surface area contributed by atoms with Crippen LogP contribution in [0.15, 0.2) is 65.6 Å². The molecule has 0 amide bonds. The summed E-state index contributed by atoms with van der Waals surface area (Å²) >= 11 is 0. The van der Waals surface area contributed by atoms with Crippen molar-refractivity contribution in [3.8, 4) is 22.6 Å². The molecule has 1 aliphatic carbocycles. The number of aliphatic carboxylic acids is 1. The molecule has 0 aromatic heterocycles. The average molecular weight is 608 g/mol. The number of anilines is 1. The minimum Gasteiger partial charge on any atom is -0.486 e. The number of carboxylic acids is 1. The van der Waals surface area contributed by atoms with Crippen LogP contribution in [-0.2, 0) is 14.8 Å². The van der Waals surface area contributed by atoms with Crippen molar-refractivity contribution in [2.45, 2.75) is 56.0 Å². The number of aliphatic hydroxyl groups is 2. The van der Waals surface area contributed by atoms with Gasteiger partial charge in [-0.25, -0.2) is 12.8 Å². The number of alkyl halides is 2. The van der Waals surface area contributed by atoms with Crippen LogP contribution in [0, 0.1) is 18.2 Å². The second kappa shape index (κ2) is 11.1. The largest absolute Gasteiger partial charge is 0.486 e. The number of nitrogens with zero attached hydrogens (tertiary/aromatic N) is 1. The van der Waals surface area contributed by atoms with Crippen molar-refractivity contribution in [3.63, 3.8) is 0 Å². The van der Waals surface area contributed by atoms with Gasteiger partial charge in [0.25, 0.3) is 10.0 Å². The lowest BCUT2D eigenvalue weighted by Gasteiger charge is -2.38. The van der Waals surface area contributed by atoms with Crippen LogP contribution < -0.4 is 13.8 Å². The predicted octanol–water partition coefficient (Wildman–Crippen LogP) is 4.34. The Hall–Kier alpha value is -3.81. The Bertz CT molecular complexity index is 1610. The van der Waals surface area contributed by atoms with E-state index in [1.807, 2.05) is 0 Å². The summed E-state index contributed by atoms with van der Waals surface area (Å²) in [5, 5.41) is 30.3. The van der Waals surface area contributed by atoms with Crippen LogP contribution >= 0.6 is 0 Å². The van der Waals surface area contributed by atoms with Gasteiger partial charge in [-0.05, 0) is 72.9 Å². The van der Waals surface area contributed by atoms with Gasteiger partial charge in [-0.15, -0.1) is 0 Å². The standard InChI is InChI=1S/C29H28F3NO8S/c1-16-3-2-4-22(7-16)42(38,39)33-15-21(12-29(27(36)37)13-24(34)25(35)14-29)40-26-6-5-17(10-23(26)33)18-8-19(30)11-20(9-18)41-28(31)32/h2-11,21,24-25,28,34-35H,12-15H2,1H3,(H,36,37)/t21-,24-,25+,29?/m0/s1. The second-order valence-electron chi connectivity index (χ2n) is 10.7. The fraction of sp³-hybridized carbons (Fsp3) is 0.345. The number of hydrogen-bond acceptors (Lipinski definition) is 7. The summed E-state index contributed by atoms with van der Waals surface area (Å²) in [6.45, 7) is -1.76. The predicted molar refractivity (Wildman–Crippen MR) is 145 cm³/mol. The molecule has 42 heavy (non-hydrogen) atoms. The summed E-state index contributed by atoms with van der Waals surface area (Å²) in [6.07, 6.45) is -4.15. The number of benzene rings is 3. The van der Waals surface area contributed by atoms with E-state index >= 15 is 0 Å². The van der Waals surface area contributed by atoms with E-state index in [0.29, 0.717) is 5.56 Å². The summed E-state index contributed by atoms with van der Waals surface area (Å²) in [6, 6.07) is 13.6. The van der Waals surface area contributed by atoms with Crippen LogP contribution in [0.5, 0.6) is 11.5 Å². The molecule has 1 aliphatic heterocycles. The molecule has 0 spiro atoms. The maximum absolute atomic E-state index is 14.3. The van der Waals surface area contributed by atoms with Gasteiger partial charge in [0, 0.05) is 12.5 Å². The maximum atomic E-state index is 14.3.